The van der Waals surface area contributed by atoms with Crippen LogP contribution in [0.25, 0.3) is 0 Å². The number of anilines is 1. The molecule has 1 heterocycles. The second-order valence-corrected chi connectivity index (χ2v) is 6.54. The summed E-state index contributed by atoms with van der Waals surface area (Å²) in [4.78, 5) is 0. The molecule has 0 bridgehead atoms. The molecular weight excluding hydrogens is 381 g/mol. The molecule has 118 valence electrons. The van der Waals surface area contributed by atoms with Crippen LogP contribution in [-0.4, -0.2) is 43.7 Å². The fourth-order valence-electron chi connectivity index (χ4n) is 2.06. The van der Waals surface area contributed by atoms with E-state index in [4.69, 9.17) is 32.7 Å². The summed E-state index contributed by atoms with van der Waals surface area (Å²) >= 11 is 15.5. The number of halogens is 3. The molecule has 1 aliphatic rings. The Morgan fingerprint density at radius 1 is 1.43 bits per heavy atom. The first kappa shape index (κ1) is 17.3. The molecule has 2 rings (SSSR count). The fourth-order valence-corrected chi connectivity index (χ4v) is 2.90. The van der Waals surface area contributed by atoms with Gasteiger partial charge < -0.3 is 19.9 Å². The number of hydrogen-bond acceptors (Lipinski definition) is 4. The molecule has 0 saturated carbocycles. The largest absolute Gasteiger partial charge is 0.389 e. The fraction of sp³-hybridized carbons (Fsp3) is 0.571. The van der Waals surface area contributed by atoms with Gasteiger partial charge in [-0.1, -0.05) is 23.2 Å². The molecule has 2 N–H and O–H groups in total. The van der Waals surface area contributed by atoms with Crippen molar-refractivity contribution in [2.75, 3.05) is 31.7 Å². The minimum absolute atomic E-state index is 0.171. The third-order valence-electron chi connectivity index (χ3n) is 3.20. The number of aliphatic hydroxyl groups is 1. The quantitative estimate of drug-likeness (QED) is 0.687. The first-order valence-electron chi connectivity index (χ1n) is 6.82. The highest BCUT2D eigenvalue weighted by Gasteiger charge is 2.16. The summed E-state index contributed by atoms with van der Waals surface area (Å²) in [7, 11) is 0. The van der Waals surface area contributed by atoms with Crippen LogP contribution >= 0.6 is 39.1 Å². The first-order chi connectivity index (χ1) is 10.1. The van der Waals surface area contributed by atoms with Gasteiger partial charge in [0, 0.05) is 17.6 Å². The van der Waals surface area contributed by atoms with Gasteiger partial charge in [-0.15, -0.1) is 0 Å². The van der Waals surface area contributed by atoms with E-state index in [0.29, 0.717) is 28.9 Å². The maximum Gasteiger partial charge on any atom is 0.0945 e. The van der Waals surface area contributed by atoms with Crippen LogP contribution in [0.1, 0.15) is 12.8 Å². The predicted molar refractivity (Wildman–Crippen MR) is 88.5 cm³/mol. The molecule has 0 amide bonds. The predicted octanol–water partition coefficient (Wildman–Crippen LogP) is 3.72. The lowest BCUT2D eigenvalue weighted by Gasteiger charge is -2.16. The molecular formula is C14H18BrCl2NO3. The van der Waals surface area contributed by atoms with Gasteiger partial charge >= 0.3 is 0 Å². The van der Waals surface area contributed by atoms with E-state index in [1.54, 1.807) is 12.1 Å². The Bertz CT molecular complexity index is 470. The van der Waals surface area contributed by atoms with E-state index in [0.717, 1.165) is 23.9 Å². The van der Waals surface area contributed by atoms with Gasteiger partial charge in [0.2, 0.25) is 0 Å². The lowest BCUT2D eigenvalue weighted by atomic mass is 10.2. The van der Waals surface area contributed by atoms with Crippen LogP contribution in [0.2, 0.25) is 10.0 Å². The minimum Gasteiger partial charge on any atom is -0.389 e. The third-order valence-corrected chi connectivity index (χ3v) is 4.97. The van der Waals surface area contributed by atoms with Crippen LogP contribution < -0.4 is 5.32 Å². The Kier molecular flexibility index (Phi) is 7.05. The summed E-state index contributed by atoms with van der Waals surface area (Å²) in [5, 5.41) is 13.8. The summed E-state index contributed by atoms with van der Waals surface area (Å²) in [6.07, 6.45) is 1.66. The monoisotopic (exact) mass is 397 g/mol. The van der Waals surface area contributed by atoms with Crippen LogP contribution in [0.15, 0.2) is 16.6 Å². The summed E-state index contributed by atoms with van der Waals surface area (Å²) in [5.74, 6) is 0. The molecule has 0 aromatic heterocycles. The normalized spacial score (nSPS) is 19.7. The van der Waals surface area contributed by atoms with Crippen molar-refractivity contribution in [3.63, 3.8) is 0 Å². The molecule has 0 spiro atoms. The van der Waals surface area contributed by atoms with Gasteiger partial charge in [-0.2, -0.15) is 0 Å². The maximum atomic E-state index is 9.89. The molecule has 0 aliphatic carbocycles. The highest BCUT2D eigenvalue weighted by molar-refractivity contribution is 9.10. The van der Waals surface area contributed by atoms with Crippen molar-refractivity contribution in [1.82, 2.24) is 0 Å². The molecule has 1 fully saturated rings. The average molecular weight is 399 g/mol. The Balaban J connectivity index is 1.71. The summed E-state index contributed by atoms with van der Waals surface area (Å²) in [6.45, 7) is 1.93. The summed E-state index contributed by atoms with van der Waals surface area (Å²) in [5.41, 5.74) is 0.683. The highest BCUT2D eigenvalue weighted by atomic mass is 79.9. The van der Waals surface area contributed by atoms with E-state index in [1.807, 2.05) is 0 Å². The average Bonchev–Trinajstić information content (AvgIpc) is 2.97. The van der Waals surface area contributed by atoms with Crippen molar-refractivity contribution in [3.05, 3.63) is 26.7 Å². The Morgan fingerprint density at radius 2 is 2.24 bits per heavy atom. The number of hydrogen-bond donors (Lipinski definition) is 2. The topological polar surface area (TPSA) is 50.7 Å². The Hall–Kier alpha value is -0.0400. The van der Waals surface area contributed by atoms with Crippen molar-refractivity contribution in [1.29, 1.82) is 0 Å². The smallest absolute Gasteiger partial charge is 0.0945 e. The lowest BCUT2D eigenvalue weighted by Crippen LogP contribution is -2.27. The van der Waals surface area contributed by atoms with E-state index in [1.165, 1.54) is 0 Å². The van der Waals surface area contributed by atoms with Crippen molar-refractivity contribution in [2.45, 2.75) is 25.0 Å². The van der Waals surface area contributed by atoms with Crippen molar-refractivity contribution < 1.29 is 14.6 Å². The maximum absolute atomic E-state index is 9.89. The molecule has 4 nitrogen and oxygen atoms in total. The van der Waals surface area contributed by atoms with E-state index in [9.17, 15) is 5.11 Å². The molecule has 2 unspecified atom stereocenters. The van der Waals surface area contributed by atoms with Gasteiger partial charge in [-0.25, -0.2) is 0 Å². The number of ether oxygens (including phenoxy) is 2. The van der Waals surface area contributed by atoms with E-state index in [2.05, 4.69) is 21.2 Å². The van der Waals surface area contributed by atoms with Gasteiger partial charge in [0.1, 0.15) is 0 Å². The number of nitrogens with one attached hydrogen (secondary N) is 1. The zero-order chi connectivity index (χ0) is 15.2. The van der Waals surface area contributed by atoms with Gasteiger partial charge in [0.05, 0.1) is 41.2 Å². The molecule has 21 heavy (non-hydrogen) atoms. The van der Waals surface area contributed by atoms with Crippen LogP contribution in [0.4, 0.5) is 5.69 Å². The summed E-state index contributed by atoms with van der Waals surface area (Å²) in [6, 6.07) is 3.61. The first-order valence-corrected chi connectivity index (χ1v) is 8.37. The van der Waals surface area contributed by atoms with Gasteiger partial charge in [0.15, 0.2) is 0 Å². The zero-order valence-electron chi connectivity index (χ0n) is 11.4. The lowest BCUT2D eigenvalue weighted by molar-refractivity contribution is -0.0137. The van der Waals surface area contributed by atoms with Crippen LogP contribution in [0.5, 0.6) is 0 Å². The molecule has 0 radical (unpaired) electrons. The number of benzene rings is 1. The number of rotatable bonds is 7. The van der Waals surface area contributed by atoms with Crippen LogP contribution in [0.3, 0.4) is 0 Å². The van der Waals surface area contributed by atoms with E-state index in [-0.39, 0.29) is 12.7 Å². The van der Waals surface area contributed by atoms with Crippen molar-refractivity contribution >= 4 is 44.8 Å². The Labute approximate surface area is 142 Å². The van der Waals surface area contributed by atoms with Gasteiger partial charge in [-0.3, -0.25) is 0 Å². The molecule has 1 aromatic carbocycles. The minimum atomic E-state index is -0.620. The second kappa shape index (κ2) is 8.56. The SMILES string of the molecule is OC(CNc1ccc(Br)c(Cl)c1Cl)COCC1CCCO1. The van der Waals surface area contributed by atoms with Gasteiger partial charge in [-0.05, 0) is 40.9 Å². The van der Waals surface area contributed by atoms with Crippen molar-refractivity contribution in [3.8, 4) is 0 Å². The highest BCUT2D eigenvalue weighted by Crippen LogP contribution is 2.35. The molecule has 7 heteroatoms. The number of aliphatic hydroxyl groups excluding tert-OH is 1. The second-order valence-electron chi connectivity index (χ2n) is 4.93. The van der Waals surface area contributed by atoms with E-state index < -0.39 is 6.10 Å². The molecule has 1 saturated heterocycles. The van der Waals surface area contributed by atoms with E-state index >= 15 is 0 Å². The zero-order valence-corrected chi connectivity index (χ0v) is 14.5. The van der Waals surface area contributed by atoms with Crippen LogP contribution in [-0.2, 0) is 9.47 Å². The molecule has 1 aromatic rings. The Morgan fingerprint density at radius 3 is 2.95 bits per heavy atom. The summed E-state index contributed by atoms with van der Waals surface area (Å²) < 4.78 is 11.6. The van der Waals surface area contributed by atoms with Crippen LogP contribution in [0, 0.1) is 0 Å². The molecule has 2 atom stereocenters. The standard InChI is InChI=1S/C14H18BrCl2NO3/c15-11-3-4-12(14(17)13(11)16)18-6-9(19)7-20-8-10-2-1-5-21-10/h3-4,9-10,18-19H,1-2,5-8H2. The van der Waals surface area contributed by atoms with Gasteiger partial charge in [0.25, 0.3) is 0 Å². The third kappa shape index (κ3) is 5.27. The molecule has 1 aliphatic heterocycles. The van der Waals surface area contributed by atoms with Crippen molar-refractivity contribution in [2.24, 2.45) is 0 Å².